The standard InChI is InChI=1S/2C7H6O2.C6H6N4/c2*8-7(9)6-4-2-1-3-5-6;1-2-8-5(7-1)6-9-3-4-10-6/h2*1-5H,(H,8,9);1-4H,(H,7,8)(H,9,10). The highest BCUT2D eigenvalue weighted by molar-refractivity contribution is 5.87. The zero-order valence-corrected chi connectivity index (χ0v) is 14.7. The molecule has 0 saturated heterocycles. The lowest BCUT2D eigenvalue weighted by Crippen LogP contribution is -1.93. The molecule has 2 aromatic carbocycles. The number of benzene rings is 2. The maximum absolute atomic E-state index is 10.2. The summed E-state index contributed by atoms with van der Waals surface area (Å²) in [6.07, 6.45) is 6.91. The molecule has 8 heteroatoms. The number of H-pyrrole nitrogens is 2. The van der Waals surface area contributed by atoms with Crippen molar-refractivity contribution in [3.05, 3.63) is 96.6 Å². The molecule has 0 aliphatic rings. The van der Waals surface area contributed by atoms with Gasteiger partial charge in [-0.15, -0.1) is 0 Å². The summed E-state index contributed by atoms with van der Waals surface area (Å²) in [6.45, 7) is 0. The zero-order valence-electron chi connectivity index (χ0n) is 14.7. The Balaban J connectivity index is 0.000000151. The zero-order chi connectivity index (χ0) is 20.2. The number of aromatic nitrogens is 4. The van der Waals surface area contributed by atoms with Crippen molar-refractivity contribution in [3.63, 3.8) is 0 Å². The molecular formula is C20H18N4O4. The van der Waals surface area contributed by atoms with E-state index >= 15 is 0 Å². The van der Waals surface area contributed by atoms with Crippen LogP contribution >= 0.6 is 0 Å². The molecule has 2 heterocycles. The molecule has 0 atom stereocenters. The SMILES string of the molecule is O=C(O)c1ccccc1.O=C(O)c1ccccc1.c1c[nH]c(-c2ncc[nH]2)n1. The molecule has 4 aromatic rings. The predicted octanol–water partition coefficient (Wildman–Crippen LogP) is 3.57. The largest absolute Gasteiger partial charge is 0.478 e. The van der Waals surface area contributed by atoms with Crippen molar-refractivity contribution in [2.24, 2.45) is 0 Å². The van der Waals surface area contributed by atoms with Crippen molar-refractivity contribution in [1.82, 2.24) is 19.9 Å². The molecule has 0 aliphatic carbocycles. The minimum absolute atomic E-state index is 0.331. The second-order valence-corrected chi connectivity index (χ2v) is 5.22. The lowest BCUT2D eigenvalue weighted by atomic mass is 10.2. The van der Waals surface area contributed by atoms with Crippen molar-refractivity contribution >= 4 is 11.9 Å². The van der Waals surface area contributed by atoms with Crippen molar-refractivity contribution in [2.45, 2.75) is 0 Å². The second kappa shape index (κ2) is 10.7. The van der Waals surface area contributed by atoms with Gasteiger partial charge in [0.1, 0.15) is 0 Å². The smallest absolute Gasteiger partial charge is 0.335 e. The van der Waals surface area contributed by atoms with E-state index in [1.165, 1.54) is 0 Å². The fourth-order valence-corrected chi connectivity index (χ4v) is 1.95. The summed E-state index contributed by atoms with van der Waals surface area (Å²) in [5.41, 5.74) is 0.662. The van der Waals surface area contributed by atoms with Crippen LogP contribution < -0.4 is 0 Å². The van der Waals surface area contributed by atoms with Crippen LogP contribution in [0.1, 0.15) is 20.7 Å². The monoisotopic (exact) mass is 378 g/mol. The lowest BCUT2D eigenvalue weighted by Gasteiger charge is -1.88. The van der Waals surface area contributed by atoms with E-state index in [-0.39, 0.29) is 0 Å². The van der Waals surface area contributed by atoms with Gasteiger partial charge in [-0.2, -0.15) is 0 Å². The number of hydrogen-bond acceptors (Lipinski definition) is 4. The van der Waals surface area contributed by atoms with Gasteiger partial charge in [0.05, 0.1) is 11.1 Å². The van der Waals surface area contributed by atoms with E-state index in [9.17, 15) is 9.59 Å². The number of aromatic carboxylic acids is 2. The fraction of sp³-hybridized carbons (Fsp3) is 0. The number of nitrogens with one attached hydrogen (secondary N) is 2. The molecule has 0 saturated carbocycles. The first-order valence-corrected chi connectivity index (χ1v) is 8.13. The molecule has 28 heavy (non-hydrogen) atoms. The maximum Gasteiger partial charge on any atom is 0.335 e. The van der Waals surface area contributed by atoms with Gasteiger partial charge in [-0.1, -0.05) is 36.4 Å². The maximum atomic E-state index is 10.2. The van der Waals surface area contributed by atoms with Gasteiger partial charge in [0, 0.05) is 24.8 Å². The molecule has 0 fully saturated rings. The Labute approximate surface area is 160 Å². The Kier molecular flexibility index (Phi) is 7.70. The number of aromatic amines is 2. The van der Waals surface area contributed by atoms with Crippen molar-refractivity contribution in [3.8, 4) is 11.6 Å². The second-order valence-electron chi connectivity index (χ2n) is 5.22. The average molecular weight is 378 g/mol. The number of carboxylic acids is 2. The van der Waals surface area contributed by atoms with Gasteiger partial charge in [-0.25, -0.2) is 19.6 Å². The van der Waals surface area contributed by atoms with Gasteiger partial charge in [-0.05, 0) is 24.3 Å². The Hall–Kier alpha value is -4.20. The Morgan fingerprint density at radius 1 is 0.643 bits per heavy atom. The first-order valence-electron chi connectivity index (χ1n) is 8.13. The van der Waals surface area contributed by atoms with Gasteiger partial charge in [-0.3, -0.25) is 0 Å². The molecule has 142 valence electrons. The normalized spacial score (nSPS) is 9.29. The molecule has 0 bridgehead atoms. The van der Waals surface area contributed by atoms with E-state index in [4.69, 9.17) is 10.2 Å². The van der Waals surface area contributed by atoms with Gasteiger partial charge >= 0.3 is 11.9 Å². The predicted molar refractivity (Wildman–Crippen MR) is 103 cm³/mol. The lowest BCUT2D eigenvalue weighted by molar-refractivity contribution is 0.0686. The van der Waals surface area contributed by atoms with Crippen LogP contribution in [0, 0.1) is 0 Å². The van der Waals surface area contributed by atoms with E-state index < -0.39 is 11.9 Å². The minimum Gasteiger partial charge on any atom is -0.478 e. The number of rotatable bonds is 3. The van der Waals surface area contributed by atoms with Crippen LogP contribution in [0.2, 0.25) is 0 Å². The molecular weight excluding hydrogens is 360 g/mol. The summed E-state index contributed by atoms with van der Waals surface area (Å²) in [5.74, 6) is -0.221. The number of carbonyl (C=O) groups is 2. The van der Waals surface area contributed by atoms with Crippen LogP contribution in [0.25, 0.3) is 11.6 Å². The Morgan fingerprint density at radius 2 is 1.00 bits per heavy atom. The van der Waals surface area contributed by atoms with Crippen LogP contribution in [0.5, 0.6) is 0 Å². The van der Waals surface area contributed by atoms with Gasteiger partial charge < -0.3 is 20.2 Å². The summed E-state index contributed by atoms with van der Waals surface area (Å²) in [6, 6.07) is 16.6. The summed E-state index contributed by atoms with van der Waals surface area (Å²) in [4.78, 5) is 34.3. The Morgan fingerprint density at radius 3 is 1.21 bits per heavy atom. The van der Waals surface area contributed by atoms with Crippen LogP contribution in [0.3, 0.4) is 0 Å². The van der Waals surface area contributed by atoms with Crippen molar-refractivity contribution < 1.29 is 19.8 Å². The first-order chi connectivity index (χ1) is 13.6. The van der Waals surface area contributed by atoms with E-state index in [0.717, 1.165) is 11.6 Å². The van der Waals surface area contributed by atoms with Gasteiger partial charge in [0.15, 0.2) is 11.6 Å². The van der Waals surface area contributed by atoms with Crippen molar-refractivity contribution in [1.29, 1.82) is 0 Å². The number of hydrogen-bond donors (Lipinski definition) is 4. The van der Waals surface area contributed by atoms with Crippen LogP contribution in [-0.4, -0.2) is 42.1 Å². The van der Waals surface area contributed by atoms with Crippen LogP contribution in [0.15, 0.2) is 85.5 Å². The minimum atomic E-state index is -0.879. The van der Waals surface area contributed by atoms with Gasteiger partial charge in [0.25, 0.3) is 0 Å². The molecule has 0 spiro atoms. The first kappa shape index (κ1) is 20.1. The molecule has 0 aliphatic heterocycles. The molecule has 4 rings (SSSR count). The van der Waals surface area contributed by atoms with Crippen molar-refractivity contribution in [2.75, 3.05) is 0 Å². The average Bonchev–Trinajstić information content (AvgIpc) is 3.44. The van der Waals surface area contributed by atoms with E-state index in [1.807, 2.05) is 0 Å². The summed E-state index contributed by atoms with van der Waals surface area (Å²) < 4.78 is 0. The summed E-state index contributed by atoms with van der Waals surface area (Å²) in [5, 5.41) is 16.8. The number of nitrogens with zero attached hydrogens (tertiary/aromatic N) is 2. The molecule has 0 radical (unpaired) electrons. The highest BCUT2D eigenvalue weighted by Gasteiger charge is 1.99. The van der Waals surface area contributed by atoms with Crippen LogP contribution in [0.4, 0.5) is 0 Å². The third-order valence-electron chi connectivity index (χ3n) is 3.26. The third-order valence-corrected chi connectivity index (χ3v) is 3.26. The van der Waals surface area contributed by atoms with Gasteiger partial charge in [0.2, 0.25) is 0 Å². The quantitative estimate of drug-likeness (QED) is 0.431. The molecule has 2 aromatic heterocycles. The number of carboxylic acid groups (broad SMARTS) is 2. The molecule has 0 unspecified atom stereocenters. The molecule has 4 N–H and O–H groups in total. The molecule has 0 amide bonds. The fourth-order valence-electron chi connectivity index (χ4n) is 1.95. The summed E-state index contributed by atoms with van der Waals surface area (Å²) in [7, 11) is 0. The van der Waals surface area contributed by atoms with E-state index in [0.29, 0.717) is 11.1 Å². The van der Waals surface area contributed by atoms with E-state index in [1.54, 1.807) is 85.5 Å². The Bertz CT molecular complexity index is 872. The molecule has 8 nitrogen and oxygen atoms in total. The highest BCUT2D eigenvalue weighted by atomic mass is 16.4. The van der Waals surface area contributed by atoms with E-state index in [2.05, 4.69) is 19.9 Å². The summed E-state index contributed by atoms with van der Waals surface area (Å²) >= 11 is 0. The third kappa shape index (κ3) is 6.60. The topological polar surface area (TPSA) is 132 Å². The highest BCUT2D eigenvalue weighted by Crippen LogP contribution is 2.05. The number of imidazole rings is 2. The van der Waals surface area contributed by atoms with Crippen LogP contribution in [-0.2, 0) is 0 Å².